The van der Waals surface area contributed by atoms with E-state index in [0.717, 1.165) is 61.8 Å². The number of piperazine rings is 1. The second-order valence-corrected chi connectivity index (χ2v) is 8.47. The second kappa shape index (κ2) is 11.1. The Bertz CT molecular complexity index is 959. The predicted octanol–water partition coefficient (Wildman–Crippen LogP) is 2.81. The molecule has 2 aromatic carbocycles. The number of halogens is 1. The molecule has 0 radical (unpaired) electrons. The van der Waals surface area contributed by atoms with Crippen molar-refractivity contribution in [3.8, 4) is 5.75 Å². The Morgan fingerprint density at radius 2 is 1.85 bits per heavy atom. The van der Waals surface area contributed by atoms with Gasteiger partial charge >= 0.3 is 0 Å². The van der Waals surface area contributed by atoms with Gasteiger partial charge in [-0.25, -0.2) is 4.39 Å². The van der Waals surface area contributed by atoms with Gasteiger partial charge in [-0.15, -0.1) is 0 Å². The van der Waals surface area contributed by atoms with Crippen LogP contribution in [0, 0.1) is 5.82 Å². The summed E-state index contributed by atoms with van der Waals surface area (Å²) in [6.07, 6.45) is 2.30. The molecule has 4 rings (SSSR count). The molecule has 0 aromatic heterocycles. The number of ether oxygens (including phenoxy) is 1. The third-order valence-electron chi connectivity index (χ3n) is 6.10. The molecule has 0 aliphatic carbocycles. The largest absolute Gasteiger partial charge is 0.494 e. The maximum absolute atomic E-state index is 13.1. The average molecular weight is 455 g/mol. The molecule has 2 N–H and O–H groups in total. The molecule has 33 heavy (non-hydrogen) atoms. The normalized spacial score (nSPS) is 16.2. The molecule has 0 bridgehead atoms. The average Bonchev–Trinajstić information content (AvgIpc) is 2.83. The SMILES string of the molecule is O=C(CCCOc1ccc2c(c1)CCC(=O)N2)NCCN1CCN(c2ccc(F)cc2)CC1. The first-order chi connectivity index (χ1) is 16.1. The molecule has 0 unspecified atom stereocenters. The third-order valence-corrected chi connectivity index (χ3v) is 6.10. The Balaban J connectivity index is 1.07. The zero-order valence-corrected chi connectivity index (χ0v) is 18.8. The number of amides is 2. The van der Waals surface area contributed by atoms with Gasteiger partial charge in [0.15, 0.2) is 0 Å². The highest BCUT2D eigenvalue weighted by atomic mass is 19.1. The number of nitrogens with one attached hydrogen (secondary N) is 2. The molecule has 2 amide bonds. The highest BCUT2D eigenvalue weighted by Crippen LogP contribution is 2.26. The van der Waals surface area contributed by atoms with Gasteiger partial charge in [0.05, 0.1) is 6.61 Å². The maximum Gasteiger partial charge on any atom is 0.224 e. The molecule has 2 aliphatic rings. The van der Waals surface area contributed by atoms with Gasteiger partial charge in [-0.3, -0.25) is 14.5 Å². The molecule has 0 saturated carbocycles. The molecular formula is C25H31FN4O3. The lowest BCUT2D eigenvalue weighted by atomic mass is 10.0. The van der Waals surface area contributed by atoms with Crippen molar-refractivity contribution in [1.82, 2.24) is 10.2 Å². The van der Waals surface area contributed by atoms with E-state index in [9.17, 15) is 14.0 Å². The Morgan fingerprint density at radius 3 is 2.64 bits per heavy atom. The van der Waals surface area contributed by atoms with Crippen molar-refractivity contribution < 1.29 is 18.7 Å². The lowest BCUT2D eigenvalue weighted by molar-refractivity contribution is -0.121. The van der Waals surface area contributed by atoms with E-state index in [-0.39, 0.29) is 17.6 Å². The first-order valence-corrected chi connectivity index (χ1v) is 11.6. The van der Waals surface area contributed by atoms with E-state index in [1.54, 1.807) is 0 Å². The minimum absolute atomic E-state index is 0.0386. The number of aryl methyl sites for hydroxylation is 1. The van der Waals surface area contributed by atoms with Crippen LogP contribution in [0.3, 0.4) is 0 Å². The number of carbonyl (C=O) groups excluding carboxylic acids is 2. The fraction of sp³-hybridized carbons (Fsp3) is 0.440. The standard InChI is InChI=1S/C25H31FN4O3/c26-20-4-6-21(7-5-20)30-15-13-29(14-16-30)12-11-27-24(31)2-1-17-33-22-8-9-23-19(18-22)3-10-25(32)28-23/h4-9,18H,1-3,10-17H2,(H,27,31)(H,28,32). The van der Waals surface area contributed by atoms with Crippen LogP contribution in [0.15, 0.2) is 42.5 Å². The van der Waals surface area contributed by atoms with Crippen molar-refractivity contribution in [3.05, 3.63) is 53.8 Å². The van der Waals surface area contributed by atoms with Gasteiger partial charge in [0.1, 0.15) is 11.6 Å². The number of nitrogens with zero attached hydrogens (tertiary/aromatic N) is 2. The number of hydrogen-bond acceptors (Lipinski definition) is 5. The second-order valence-electron chi connectivity index (χ2n) is 8.47. The molecular weight excluding hydrogens is 423 g/mol. The van der Waals surface area contributed by atoms with Crippen molar-refractivity contribution in [1.29, 1.82) is 0 Å². The van der Waals surface area contributed by atoms with E-state index < -0.39 is 0 Å². The third kappa shape index (κ3) is 6.68. The highest BCUT2D eigenvalue weighted by Gasteiger charge is 2.17. The lowest BCUT2D eigenvalue weighted by Crippen LogP contribution is -2.48. The summed E-state index contributed by atoms with van der Waals surface area (Å²) in [6.45, 7) is 5.57. The van der Waals surface area contributed by atoms with Gasteiger partial charge < -0.3 is 20.3 Å². The van der Waals surface area contributed by atoms with Crippen LogP contribution in [-0.4, -0.2) is 62.6 Å². The predicted molar refractivity (Wildman–Crippen MR) is 126 cm³/mol. The molecule has 2 aromatic rings. The van der Waals surface area contributed by atoms with Crippen LogP contribution < -0.4 is 20.3 Å². The fourth-order valence-electron chi connectivity index (χ4n) is 4.20. The van der Waals surface area contributed by atoms with Crippen molar-refractivity contribution in [2.45, 2.75) is 25.7 Å². The molecule has 176 valence electrons. The Labute approximate surface area is 193 Å². The Kier molecular flexibility index (Phi) is 7.78. The molecule has 0 spiro atoms. The van der Waals surface area contributed by atoms with Gasteiger partial charge in [0, 0.05) is 63.5 Å². The van der Waals surface area contributed by atoms with Crippen LogP contribution in [-0.2, 0) is 16.0 Å². The van der Waals surface area contributed by atoms with Crippen molar-refractivity contribution in [2.24, 2.45) is 0 Å². The maximum atomic E-state index is 13.1. The first kappa shape index (κ1) is 23.0. The monoisotopic (exact) mass is 454 g/mol. The minimum Gasteiger partial charge on any atom is -0.494 e. The van der Waals surface area contributed by atoms with Crippen molar-refractivity contribution >= 4 is 23.2 Å². The molecule has 1 fully saturated rings. The van der Waals surface area contributed by atoms with Gasteiger partial charge in [0.25, 0.3) is 0 Å². The van der Waals surface area contributed by atoms with E-state index in [1.165, 1.54) is 12.1 Å². The van der Waals surface area contributed by atoms with Crippen molar-refractivity contribution in [3.63, 3.8) is 0 Å². The van der Waals surface area contributed by atoms with E-state index in [0.29, 0.717) is 32.4 Å². The first-order valence-electron chi connectivity index (χ1n) is 11.6. The Morgan fingerprint density at radius 1 is 1.06 bits per heavy atom. The highest BCUT2D eigenvalue weighted by molar-refractivity contribution is 5.94. The summed E-state index contributed by atoms with van der Waals surface area (Å²) in [6, 6.07) is 12.3. The number of hydrogen-bond donors (Lipinski definition) is 2. The summed E-state index contributed by atoms with van der Waals surface area (Å²) in [5.41, 5.74) is 2.99. The quantitative estimate of drug-likeness (QED) is 0.570. The van der Waals surface area contributed by atoms with Crippen LogP contribution in [0.2, 0.25) is 0 Å². The summed E-state index contributed by atoms with van der Waals surface area (Å²) < 4.78 is 18.9. The smallest absolute Gasteiger partial charge is 0.224 e. The molecule has 1 saturated heterocycles. The molecule has 7 nitrogen and oxygen atoms in total. The summed E-state index contributed by atoms with van der Waals surface area (Å²) in [4.78, 5) is 28.1. The zero-order chi connectivity index (χ0) is 23.0. The van der Waals surface area contributed by atoms with Crippen LogP contribution in [0.5, 0.6) is 5.75 Å². The fourth-order valence-corrected chi connectivity index (χ4v) is 4.20. The number of anilines is 2. The summed E-state index contributed by atoms with van der Waals surface area (Å²) in [5, 5.41) is 5.85. The van der Waals surface area contributed by atoms with E-state index in [4.69, 9.17) is 4.74 Å². The zero-order valence-electron chi connectivity index (χ0n) is 18.8. The lowest BCUT2D eigenvalue weighted by Gasteiger charge is -2.36. The number of benzene rings is 2. The summed E-state index contributed by atoms with van der Waals surface area (Å²) in [5.74, 6) is 0.644. The number of fused-ring (bicyclic) bond motifs is 1. The summed E-state index contributed by atoms with van der Waals surface area (Å²) in [7, 11) is 0. The minimum atomic E-state index is -0.213. The molecule has 0 atom stereocenters. The topological polar surface area (TPSA) is 73.9 Å². The van der Waals surface area contributed by atoms with Crippen LogP contribution in [0.1, 0.15) is 24.8 Å². The molecule has 8 heteroatoms. The van der Waals surface area contributed by atoms with Crippen LogP contribution >= 0.6 is 0 Å². The van der Waals surface area contributed by atoms with Gasteiger partial charge in [-0.05, 0) is 60.9 Å². The van der Waals surface area contributed by atoms with Crippen LogP contribution in [0.25, 0.3) is 0 Å². The van der Waals surface area contributed by atoms with E-state index >= 15 is 0 Å². The van der Waals surface area contributed by atoms with E-state index in [2.05, 4.69) is 20.4 Å². The van der Waals surface area contributed by atoms with Crippen LogP contribution in [0.4, 0.5) is 15.8 Å². The van der Waals surface area contributed by atoms with Gasteiger partial charge in [-0.2, -0.15) is 0 Å². The Hall–Kier alpha value is -3.13. The summed E-state index contributed by atoms with van der Waals surface area (Å²) >= 11 is 0. The number of carbonyl (C=O) groups is 2. The van der Waals surface area contributed by atoms with Gasteiger partial charge in [0.2, 0.25) is 11.8 Å². The van der Waals surface area contributed by atoms with Crippen molar-refractivity contribution in [2.75, 3.05) is 56.1 Å². The number of rotatable bonds is 9. The molecule has 2 aliphatic heterocycles. The molecule has 2 heterocycles. The van der Waals surface area contributed by atoms with E-state index in [1.807, 2.05) is 30.3 Å². The van der Waals surface area contributed by atoms with Gasteiger partial charge in [-0.1, -0.05) is 0 Å².